The van der Waals surface area contributed by atoms with Gasteiger partial charge in [0.2, 0.25) is 5.91 Å². The number of aliphatic carboxylic acids is 1. The van der Waals surface area contributed by atoms with Gasteiger partial charge in [0.05, 0.1) is 22.7 Å². The van der Waals surface area contributed by atoms with Gasteiger partial charge >= 0.3 is 24.5 Å². The number of nitrogens with one attached hydrogen (secondary N) is 1. The molecule has 260 valence electrons. The molecule has 4 rings (SSSR count). The van der Waals surface area contributed by atoms with Gasteiger partial charge in [0.15, 0.2) is 0 Å². The van der Waals surface area contributed by atoms with E-state index in [0.29, 0.717) is 30.8 Å². The molecule has 1 aliphatic heterocycles. The monoisotopic (exact) mass is 680 g/mol. The first-order valence-corrected chi connectivity index (χ1v) is 15.5. The molecule has 5 nitrogen and oxygen atoms in total. The molecule has 2 aromatic rings. The maximum atomic E-state index is 13.8. The van der Waals surface area contributed by atoms with Crippen LogP contribution in [0.4, 0.5) is 39.5 Å². The minimum Gasteiger partial charge on any atom is -0.481 e. The number of carboxylic acid groups (broad SMARTS) is 1. The number of alkyl halides is 9. The summed E-state index contributed by atoms with van der Waals surface area (Å²) in [5.74, 6) is -3.00. The number of carboxylic acids is 1. The minimum absolute atomic E-state index is 0.00146. The molecule has 2 aliphatic rings. The summed E-state index contributed by atoms with van der Waals surface area (Å²) < 4.78 is 122. The molecule has 0 radical (unpaired) electrons. The van der Waals surface area contributed by atoms with E-state index in [1.54, 1.807) is 0 Å². The number of halogens is 9. The Bertz CT molecular complexity index is 1400. The third-order valence-corrected chi connectivity index (χ3v) is 9.52. The molecule has 3 atom stereocenters. The zero-order valence-electron chi connectivity index (χ0n) is 25.8. The molecule has 0 spiro atoms. The maximum absolute atomic E-state index is 13.8. The fourth-order valence-corrected chi connectivity index (χ4v) is 6.85. The molecule has 0 bridgehead atoms. The van der Waals surface area contributed by atoms with Crippen LogP contribution >= 0.6 is 0 Å². The lowest BCUT2D eigenvalue weighted by Gasteiger charge is -2.32. The van der Waals surface area contributed by atoms with E-state index in [1.165, 1.54) is 13.0 Å². The third-order valence-electron chi connectivity index (χ3n) is 9.52. The van der Waals surface area contributed by atoms with Crippen molar-refractivity contribution in [2.75, 3.05) is 13.1 Å². The van der Waals surface area contributed by atoms with E-state index in [0.717, 1.165) is 37.8 Å². The van der Waals surface area contributed by atoms with E-state index in [-0.39, 0.29) is 42.9 Å². The summed E-state index contributed by atoms with van der Waals surface area (Å²) in [6, 6.07) is 3.15. The molecule has 2 aromatic carbocycles. The second-order valence-corrected chi connectivity index (χ2v) is 12.8. The first-order chi connectivity index (χ1) is 21.8. The molecule has 1 amide bonds. The van der Waals surface area contributed by atoms with Crippen molar-refractivity contribution in [3.05, 3.63) is 69.8 Å². The van der Waals surface area contributed by atoms with Crippen molar-refractivity contribution in [1.82, 2.24) is 10.2 Å². The fraction of sp³-hybridized carbons (Fsp3) is 0.576. The Morgan fingerprint density at radius 3 is 1.89 bits per heavy atom. The number of nitrogens with zero attached hydrogens (tertiary/aromatic N) is 1. The van der Waals surface area contributed by atoms with Gasteiger partial charge in [-0.1, -0.05) is 19.9 Å². The Labute approximate surface area is 266 Å². The second-order valence-electron chi connectivity index (χ2n) is 12.8. The van der Waals surface area contributed by atoms with E-state index in [9.17, 15) is 49.1 Å². The molecule has 1 heterocycles. The largest absolute Gasteiger partial charge is 0.481 e. The van der Waals surface area contributed by atoms with Crippen LogP contribution in [0, 0.1) is 23.7 Å². The average Bonchev–Trinajstić information content (AvgIpc) is 3.25. The standard InChI is InChI=1S/C33H37F9N2O3/c1-3-44(16-20-6-4-19(5-7-20)10-28(45)46)17-21-8-9-24(31(34,35)36)11-22(21)14-27-18(2)29(43-30(27)47)23-12-25(32(37,38)39)15-26(13-23)33(40,41)42/h8-9,11-13,15,18-20,27,29H,3-7,10,14,16-17H2,1-2H3,(H,43,47)(H,45,46)/t18-,19?,20?,27?,29+/m0/s1. The Hall–Kier alpha value is -3.29. The number of benzene rings is 2. The van der Waals surface area contributed by atoms with Crippen LogP contribution in [0.3, 0.4) is 0 Å². The average molecular weight is 681 g/mol. The van der Waals surface area contributed by atoms with Crippen LogP contribution in [0.15, 0.2) is 36.4 Å². The van der Waals surface area contributed by atoms with Crippen molar-refractivity contribution in [3.8, 4) is 0 Å². The molecular formula is C33H37F9N2O3. The predicted molar refractivity (Wildman–Crippen MR) is 154 cm³/mol. The normalized spacial score (nSPS) is 24.1. The zero-order chi connectivity index (χ0) is 34.9. The predicted octanol–water partition coefficient (Wildman–Crippen LogP) is 8.51. The smallest absolute Gasteiger partial charge is 0.416 e. The number of amides is 1. The van der Waals surface area contributed by atoms with Crippen LogP contribution in [0.2, 0.25) is 0 Å². The highest BCUT2D eigenvalue weighted by atomic mass is 19.4. The lowest BCUT2D eigenvalue weighted by atomic mass is 9.80. The van der Waals surface area contributed by atoms with Gasteiger partial charge in [-0.25, -0.2) is 0 Å². The highest BCUT2D eigenvalue weighted by Crippen LogP contribution is 2.43. The third kappa shape index (κ3) is 9.20. The van der Waals surface area contributed by atoms with Gasteiger partial charge in [-0.3, -0.25) is 14.5 Å². The Morgan fingerprint density at radius 1 is 0.830 bits per heavy atom. The van der Waals surface area contributed by atoms with E-state index in [2.05, 4.69) is 10.2 Å². The summed E-state index contributed by atoms with van der Waals surface area (Å²) in [5, 5.41) is 11.6. The molecular weight excluding hydrogens is 643 g/mol. The zero-order valence-corrected chi connectivity index (χ0v) is 25.8. The van der Waals surface area contributed by atoms with Crippen molar-refractivity contribution in [2.45, 2.75) is 83.5 Å². The second kappa shape index (κ2) is 14.1. The summed E-state index contributed by atoms with van der Waals surface area (Å²) in [7, 11) is 0. The number of hydrogen-bond donors (Lipinski definition) is 2. The van der Waals surface area contributed by atoms with Gasteiger partial charge in [-0.05, 0) is 103 Å². The quantitative estimate of drug-likeness (QED) is 0.247. The van der Waals surface area contributed by atoms with Crippen molar-refractivity contribution >= 4 is 11.9 Å². The summed E-state index contributed by atoms with van der Waals surface area (Å²) >= 11 is 0. The Balaban J connectivity index is 1.58. The Kier molecular flexibility index (Phi) is 10.9. The van der Waals surface area contributed by atoms with E-state index in [4.69, 9.17) is 5.11 Å². The summed E-state index contributed by atoms with van der Waals surface area (Å²) in [4.78, 5) is 26.3. The first-order valence-electron chi connectivity index (χ1n) is 15.5. The SMILES string of the molecule is CCN(Cc1ccc(C(F)(F)F)cc1CC1C(=O)N[C@@H](c2cc(C(F)(F)F)cc(C(F)(F)F)c2)[C@H]1C)CC1CCC(CC(=O)O)CC1. The fourth-order valence-electron chi connectivity index (χ4n) is 6.85. The van der Waals surface area contributed by atoms with Crippen molar-refractivity contribution in [3.63, 3.8) is 0 Å². The molecule has 47 heavy (non-hydrogen) atoms. The van der Waals surface area contributed by atoms with Crippen molar-refractivity contribution in [2.24, 2.45) is 23.7 Å². The highest BCUT2D eigenvalue weighted by molar-refractivity contribution is 5.82. The Morgan fingerprint density at radius 2 is 1.38 bits per heavy atom. The molecule has 1 saturated carbocycles. The lowest BCUT2D eigenvalue weighted by molar-refractivity contribution is -0.143. The lowest BCUT2D eigenvalue weighted by Crippen LogP contribution is -2.32. The molecule has 14 heteroatoms. The van der Waals surface area contributed by atoms with Crippen molar-refractivity contribution in [1.29, 1.82) is 0 Å². The summed E-state index contributed by atoms with van der Waals surface area (Å²) in [6.45, 7) is 4.84. The van der Waals surface area contributed by atoms with Gasteiger partial charge in [-0.2, -0.15) is 39.5 Å². The topological polar surface area (TPSA) is 69.6 Å². The molecule has 2 fully saturated rings. The van der Waals surface area contributed by atoms with Gasteiger partial charge in [-0.15, -0.1) is 0 Å². The van der Waals surface area contributed by atoms with Crippen LogP contribution in [0.25, 0.3) is 0 Å². The molecule has 1 unspecified atom stereocenters. The number of carbonyl (C=O) groups is 2. The van der Waals surface area contributed by atoms with Crippen LogP contribution in [-0.4, -0.2) is 35.0 Å². The van der Waals surface area contributed by atoms with Gasteiger partial charge in [0, 0.05) is 25.4 Å². The molecule has 1 saturated heterocycles. The number of carbonyl (C=O) groups excluding carboxylic acids is 1. The summed E-state index contributed by atoms with van der Waals surface area (Å²) in [6.07, 6.45) is -11.8. The first kappa shape index (κ1) is 36.5. The summed E-state index contributed by atoms with van der Waals surface area (Å²) in [5.41, 5.74) is -3.64. The van der Waals surface area contributed by atoms with Gasteiger partial charge in [0.25, 0.3) is 0 Å². The van der Waals surface area contributed by atoms with E-state index >= 15 is 0 Å². The molecule has 0 aromatic heterocycles. The maximum Gasteiger partial charge on any atom is 0.416 e. The van der Waals surface area contributed by atoms with E-state index in [1.807, 2.05) is 6.92 Å². The van der Waals surface area contributed by atoms with E-state index < -0.39 is 70.5 Å². The van der Waals surface area contributed by atoms with Gasteiger partial charge in [0.1, 0.15) is 0 Å². The number of rotatable bonds is 10. The molecule has 1 aliphatic carbocycles. The molecule has 2 N–H and O–H groups in total. The van der Waals surface area contributed by atoms with Crippen LogP contribution in [0.1, 0.15) is 85.4 Å². The highest BCUT2D eigenvalue weighted by Gasteiger charge is 2.43. The van der Waals surface area contributed by atoms with Crippen LogP contribution in [0.5, 0.6) is 0 Å². The van der Waals surface area contributed by atoms with Crippen LogP contribution in [-0.2, 0) is 41.1 Å². The minimum atomic E-state index is -5.09. The number of hydrogen-bond acceptors (Lipinski definition) is 3. The van der Waals surface area contributed by atoms with Crippen molar-refractivity contribution < 1.29 is 54.2 Å². The van der Waals surface area contributed by atoms with Gasteiger partial charge < -0.3 is 10.4 Å². The van der Waals surface area contributed by atoms with Crippen LogP contribution < -0.4 is 5.32 Å².